The van der Waals surface area contributed by atoms with Crippen LogP contribution in [0.1, 0.15) is 11.7 Å². The fraction of sp³-hybridized carbons (Fsp3) is 0.267. The average Bonchev–Trinajstić information content (AvgIpc) is 2.92. The van der Waals surface area contributed by atoms with Crippen molar-refractivity contribution in [1.29, 1.82) is 0 Å². The molecular weight excluding hydrogens is 268 g/mol. The first-order chi connectivity index (χ1) is 10.3. The number of aromatic nitrogens is 3. The molecule has 0 radical (unpaired) electrons. The van der Waals surface area contributed by atoms with Crippen LogP contribution >= 0.6 is 0 Å². The zero-order chi connectivity index (χ0) is 14.7. The monoisotopic (exact) mass is 284 g/mol. The molecule has 0 aliphatic heterocycles. The SMILES string of the molecule is COc1cccc2c(NCCc3nc(C)no3)nccc12. The van der Waals surface area contributed by atoms with Gasteiger partial charge in [0.2, 0.25) is 5.89 Å². The Kier molecular flexibility index (Phi) is 3.68. The normalized spacial score (nSPS) is 10.8. The summed E-state index contributed by atoms with van der Waals surface area (Å²) in [7, 11) is 1.67. The number of benzene rings is 1. The number of anilines is 1. The molecule has 0 saturated heterocycles. The minimum Gasteiger partial charge on any atom is -0.496 e. The summed E-state index contributed by atoms with van der Waals surface area (Å²) in [5, 5.41) is 9.13. The van der Waals surface area contributed by atoms with Crippen molar-refractivity contribution in [1.82, 2.24) is 15.1 Å². The van der Waals surface area contributed by atoms with Crippen molar-refractivity contribution in [3.05, 3.63) is 42.2 Å². The lowest BCUT2D eigenvalue weighted by Crippen LogP contribution is -2.07. The second-order valence-corrected chi connectivity index (χ2v) is 4.63. The molecule has 0 bridgehead atoms. The number of nitrogens with zero attached hydrogens (tertiary/aromatic N) is 3. The molecule has 6 nitrogen and oxygen atoms in total. The Labute approximate surface area is 122 Å². The lowest BCUT2D eigenvalue weighted by molar-refractivity contribution is 0.377. The van der Waals surface area contributed by atoms with Gasteiger partial charge in [-0.1, -0.05) is 17.3 Å². The summed E-state index contributed by atoms with van der Waals surface area (Å²) in [4.78, 5) is 8.56. The van der Waals surface area contributed by atoms with Crippen molar-refractivity contribution in [2.75, 3.05) is 19.0 Å². The van der Waals surface area contributed by atoms with Crippen LogP contribution in [-0.4, -0.2) is 28.8 Å². The number of rotatable bonds is 5. The van der Waals surface area contributed by atoms with Crippen molar-refractivity contribution >= 4 is 16.6 Å². The predicted octanol–water partition coefficient (Wildman–Crippen LogP) is 2.59. The molecule has 6 heteroatoms. The predicted molar refractivity (Wildman–Crippen MR) is 79.5 cm³/mol. The van der Waals surface area contributed by atoms with Crippen molar-refractivity contribution in [2.45, 2.75) is 13.3 Å². The number of aryl methyl sites for hydroxylation is 1. The Hall–Kier alpha value is -2.63. The van der Waals surface area contributed by atoms with Crippen molar-refractivity contribution in [3.63, 3.8) is 0 Å². The molecule has 2 aromatic heterocycles. The van der Waals surface area contributed by atoms with Crippen LogP contribution in [0.3, 0.4) is 0 Å². The Morgan fingerprint density at radius 3 is 2.90 bits per heavy atom. The maximum Gasteiger partial charge on any atom is 0.228 e. The molecule has 0 spiro atoms. The van der Waals surface area contributed by atoms with E-state index in [-0.39, 0.29) is 0 Å². The molecule has 3 aromatic rings. The van der Waals surface area contributed by atoms with E-state index < -0.39 is 0 Å². The molecule has 1 N–H and O–H groups in total. The standard InChI is InChI=1S/C15H16N4O2/c1-10-18-14(21-19-10)7-9-17-15-12-4-3-5-13(20-2)11(12)6-8-16-15/h3-6,8H,7,9H2,1-2H3,(H,16,17). The molecule has 0 aliphatic rings. The number of pyridine rings is 1. The van der Waals surface area contributed by atoms with Crippen molar-refractivity contribution < 1.29 is 9.26 Å². The smallest absolute Gasteiger partial charge is 0.228 e. The summed E-state index contributed by atoms with van der Waals surface area (Å²) < 4.78 is 10.5. The summed E-state index contributed by atoms with van der Waals surface area (Å²) >= 11 is 0. The number of hydrogen-bond donors (Lipinski definition) is 1. The Morgan fingerprint density at radius 2 is 2.14 bits per heavy atom. The third-order valence-electron chi connectivity index (χ3n) is 3.19. The van der Waals surface area contributed by atoms with Gasteiger partial charge in [0.25, 0.3) is 0 Å². The highest BCUT2D eigenvalue weighted by Crippen LogP contribution is 2.28. The molecule has 3 rings (SSSR count). The van der Waals surface area contributed by atoms with E-state index in [0.29, 0.717) is 24.7 Å². The van der Waals surface area contributed by atoms with Gasteiger partial charge in [0.15, 0.2) is 5.82 Å². The number of ether oxygens (including phenoxy) is 1. The highest BCUT2D eigenvalue weighted by Gasteiger charge is 2.07. The number of fused-ring (bicyclic) bond motifs is 1. The van der Waals surface area contributed by atoms with Crippen LogP contribution in [0, 0.1) is 6.92 Å². The number of nitrogens with one attached hydrogen (secondary N) is 1. The van der Waals surface area contributed by atoms with E-state index in [1.54, 1.807) is 20.2 Å². The van der Waals surface area contributed by atoms with E-state index in [2.05, 4.69) is 20.4 Å². The van der Waals surface area contributed by atoms with Crippen LogP contribution < -0.4 is 10.1 Å². The molecule has 0 atom stereocenters. The third kappa shape index (κ3) is 2.79. The summed E-state index contributed by atoms with van der Waals surface area (Å²) in [6.45, 7) is 2.48. The molecule has 0 aliphatic carbocycles. The van der Waals surface area contributed by atoms with Gasteiger partial charge in [-0.2, -0.15) is 4.98 Å². The summed E-state index contributed by atoms with van der Waals surface area (Å²) in [6, 6.07) is 7.85. The largest absolute Gasteiger partial charge is 0.496 e. The van der Waals surface area contributed by atoms with Crippen LogP contribution in [0.4, 0.5) is 5.82 Å². The average molecular weight is 284 g/mol. The van der Waals surface area contributed by atoms with Crippen LogP contribution in [-0.2, 0) is 6.42 Å². The number of methoxy groups -OCH3 is 1. The molecule has 108 valence electrons. The Morgan fingerprint density at radius 1 is 1.24 bits per heavy atom. The molecule has 0 unspecified atom stereocenters. The van der Waals surface area contributed by atoms with Crippen molar-refractivity contribution in [2.24, 2.45) is 0 Å². The molecule has 0 amide bonds. The fourth-order valence-corrected chi connectivity index (χ4v) is 2.23. The first-order valence-corrected chi connectivity index (χ1v) is 6.72. The fourth-order valence-electron chi connectivity index (χ4n) is 2.23. The van der Waals surface area contributed by atoms with Gasteiger partial charge in [0.1, 0.15) is 11.6 Å². The molecule has 1 aromatic carbocycles. The first-order valence-electron chi connectivity index (χ1n) is 6.72. The Bertz CT molecular complexity index is 754. The van der Waals surface area contributed by atoms with Gasteiger partial charge in [0.05, 0.1) is 7.11 Å². The van der Waals surface area contributed by atoms with Gasteiger partial charge in [-0.25, -0.2) is 4.98 Å². The van der Waals surface area contributed by atoms with E-state index in [0.717, 1.165) is 22.3 Å². The number of hydrogen-bond acceptors (Lipinski definition) is 6. The minimum absolute atomic E-state index is 0.623. The van der Waals surface area contributed by atoms with Gasteiger partial charge in [-0.05, 0) is 19.1 Å². The van der Waals surface area contributed by atoms with E-state index in [1.165, 1.54) is 0 Å². The van der Waals surface area contributed by atoms with Crippen LogP contribution in [0.15, 0.2) is 35.0 Å². The first kappa shape index (κ1) is 13.4. The third-order valence-corrected chi connectivity index (χ3v) is 3.19. The Balaban J connectivity index is 1.77. The molecule has 0 saturated carbocycles. The quantitative estimate of drug-likeness (QED) is 0.776. The topological polar surface area (TPSA) is 73.1 Å². The molecule has 0 fully saturated rings. The highest BCUT2D eigenvalue weighted by atomic mass is 16.5. The van der Waals surface area contributed by atoms with Gasteiger partial charge in [-0.3, -0.25) is 0 Å². The van der Waals surface area contributed by atoms with Gasteiger partial charge >= 0.3 is 0 Å². The second kappa shape index (κ2) is 5.78. The summed E-state index contributed by atoms with van der Waals surface area (Å²) in [6.07, 6.45) is 2.42. The van der Waals surface area contributed by atoms with Gasteiger partial charge in [0, 0.05) is 29.9 Å². The van der Waals surface area contributed by atoms with E-state index in [4.69, 9.17) is 9.26 Å². The van der Waals surface area contributed by atoms with E-state index >= 15 is 0 Å². The van der Waals surface area contributed by atoms with Crippen LogP contribution in [0.2, 0.25) is 0 Å². The maximum absolute atomic E-state index is 5.37. The van der Waals surface area contributed by atoms with Crippen LogP contribution in [0.25, 0.3) is 10.8 Å². The highest BCUT2D eigenvalue weighted by molar-refractivity contribution is 5.95. The zero-order valence-electron chi connectivity index (χ0n) is 12.0. The molecular formula is C15H16N4O2. The maximum atomic E-state index is 5.37. The molecule has 2 heterocycles. The summed E-state index contributed by atoms with van der Waals surface area (Å²) in [5.41, 5.74) is 0. The summed E-state index contributed by atoms with van der Waals surface area (Å²) in [5.74, 6) is 2.93. The van der Waals surface area contributed by atoms with E-state index in [9.17, 15) is 0 Å². The second-order valence-electron chi connectivity index (χ2n) is 4.63. The lowest BCUT2D eigenvalue weighted by atomic mass is 10.1. The van der Waals surface area contributed by atoms with E-state index in [1.807, 2.05) is 24.3 Å². The van der Waals surface area contributed by atoms with Gasteiger partial charge < -0.3 is 14.6 Å². The molecule has 21 heavy (non-hydrogen) atoms. The zero-order valence-corrected chi connectivity index (χ0v) is 12.0. The van der Waals surface area contributed by atoms with Crippen molar-refractivity contribution in [3.8, 4) is 5.75 Å². The lowest BCUT2D eigenvalue weighted by Gasteiger charge is -2.10. The minimum atomic E-state index is 0.623. The van der Waals surface area contributed by atoms with Gasteiger partial charge in [-0.15, -0.1) is 0 Å². The van der Waals surface area contributed by atoms with Crippen LogP contribution in [0.5, 0.6) is 5.75 Å².